The fourth-order valence-corrected chi connectivity index (χ4v) is 2.45. The zero-order valence-electron chi connectivity index (χ0n) is 11.0. The van der Waals surface area contributed by atoms with Gasteiger partial charge in [-0.2, -0.15) is 0 Å². The highest BCUT2D eigenvalue weighted by Crippen LogP contribution is 2.21. The van der Waals surface area contributed by atoms with Gasteiger partial charge in [0.05, 0.1) is 11.0 Å². The van der Waals surface area contributed by atoms with Gasteiger partial charge in [0.15, 0.2) is 0 Å². The summed E-state index contributed by atoms with van der Waals surface area (Å²) >= 11 is 0. The third-order valence-corrected chi connectivity index (χ3v) is 3.52. The number of rotatable bonds is 5. The minimum absolute atomic E-state index is 0.0326. The maximum atomic E-state index is 10.8. The largest absolute Gasteiger partial charge is 0.392 e. The van der Waals surface area contributed by atoms with Crippen molar-refractivity contribution < 1.29 is 10.0 Å². The molecule has 0 radical (unpaired) electrons. The van der Waals surface area contributed by atoms with E-state index in [4.69, 9.17) is 0 Å². The molecule has 1 aliphatic rings. The molecule has 6 nitrogen and oxygen atoms in total. The fourth-order valence-electron chi connectivity index (χ4n) is 2.45. The van der Waals surface area contributed by atoms with E-state index in [1.165, 1.54) is 6.07 Å². The summed E-state index contributed by atoms with van der Waals surface area (Å²) in [4.78, 5) is 12.6. The van der Waals surface area contributed by atoms with E-state index < -0.39 is 0 Å². The molecule has 1 fully saturated rings. The lowest BCUT2D eigenvalue weighted by molar-refractivity contribution is -0.384. The third-order valence-electron chi connectivity index (χ3n) is 3.52. The van der Waals surface area contributed by atoms with Gasteiger partial charge < -0.3 is 10.4 Å². The Bertz CT molecular complexity index is 453. The molecule has 1 heterocycles. The lowest BCUT2D eigenvalue weighted by Crippen LogP contribution is -2.33. The van der Waals surface area contributed by atoms with Crippen LogP contribution in [-0.4, -0.2) is 47.7 Å². The van der Waals surface area contributed by atoms with Gasteiger partial charge in [-0.25, -0.2) is 0 Å². The highest BCUT2D eigenvalue weighted by atomic mass is 16.6. The number of likely N-dealkylation sites (N-methyl/N-ethyl adjacent to an activating group) is 1. The molecule has 1 aromatic rings. The number of aliphatic hydroxyl groups excluding tert-OH is 1. The van der Waals surface area contributed by atoms with Crippen molar-refractivity contribution in [1.29, 1.82) is 0 Å². The van der Waals surface area contributed by atoms with Crippen molar-refractivity contribution in [3.05, 3.63) is 39.9 Å². The SMILES string of the molecule is CN[C@H](CN1CC[C@H](O)C1)c1cccc([N+](=O)[O-])c1. The van der Waals surface area contributed by atoms with Gasteiger partial charge in [-0.3, -0.25) is 15.0 Å². The van der Waals surface area contributed by atoms with Crippen LogP contribution in [0.2, 0.25) is 0 Å². The number of aliphatic hydroxyl groups is 1. The number of benzene rings is 1. The summed E-state index contributed by atoms with van der Waals surface area (Å²) < 4.78 is 0. The van der Waals surface area contributed by atoms with Gasteiger partial charge >= 0.3 is 0 Å². The molecule has 2 atom stereocenters. The lowest BCUT2D eigenvalue weighted by Gasteiger charge is -2.23. The Balaban J connectivity index is 2.08. The molecule has 0 aliphatic carbocycles. The Morgan fingerprint density at radius 3 is 3.00 bits per heavy atom. The van der Waals surface area contributed by atoms with Crippen molar-refractivity contribution in [3.63, 3.8) is 0 Å². The molecule has 0 amide bonds. The van der Waals surface area contributed by atoms with Crippen molar-refractivity contribution in [2.75, 3.05) is 26.7 Å². The summed E-state index contributed by atoms with van der Waals surface area (Å²) in [6.45, 7) is 2.29. The van der Waals surface area contributed by atoms with Crippen molar-refractivity contribution >= 4 is 5.69 Å². The fraction of sp³-hybridized carbons (Fsp3) is 0.538. The first-order valence-electron chi connectivity index (χ1n) is 6.42. The molecule has 1 aliphatic heterocycles. The van der Waals surface area contributed by atoms with Crippen LogP contribution < -0.4 is 5.32 Å². The zero-order chi connectivity index (χ0) is 13.8. The molecule has 104 valence electrons. The van der Waals surface area contributed by atoms with E-state index in [-0.39, 0.29) is 22.8 Å². The monoisotopic (exact) mass is 265 g/mol. The average Bonchev–Trinajstić information content (AvgIpc) is 2.81. The number of nitrogens with one attached hydrogen (secondary N) is 1. The summed E-state index contributed by atoms with van der Waals surface area (Å²) in [6, 6.07) is 6.73. The van der Waals surface area contributed by atoms with Crippen molar-refractivity contribution in [1.82, 2.24) is 10.2 Å². The molecule has 0 unspecified atom stereocenters. The van der Waals surface area contributed by atoms with Gasteiger partial charge in [0.1, 0.15) is 0 Å². The minimum Gasteiger partial charge on any atom is -0.392 e. The molecule has 6 heteroatoms. The Kier molecular flexibility index (Phi) is 4.47. The molecule has 2 rings (SSSR count). The number of non-ortho nitro benzene ring substituents is 1. The average molecular weight is 265 g/mol. The van der Waals surface area contributed by atoms with E-state index in [9.17, 15) is 15.2 Å². The summed E-state index contributed by atoms with van der Waals surface area (Å²) in [5.74, 6) is 0. The molecule has 1 saturated heterocycles. The predicted molar refractivity (Wildman–Crippen MR) is 72.0 cm³/mol. The zero-order valence-corrected chi connectivity index (χ0v) is 11.0. The normalized spacial score (nSPS) is 21.5. The summed E-state index contributed by atoms with van der Waals surface area (Å²) in [5.41, 5.74) is 1.01. The second-order valence-electron chi connectivity index (χ2n) is 4.90. The van der Waals surface area contributed by atoms with Crippen LogP contribution in [0.25, 0.3) is 0 Å². The first-order chi connectivity index (χ1) is 9.10. The number of likely N-dealkylation sites (tertiary alicyclic amines) is 1. The quantitative estimate of drug-likeness (QED) is 0.611. The molecular weight excluding hydrogens is 246 g/mol. The number of hydrogen-bond acceptors (Lipinski definition) is 5. The van der Waals surface area contributed by atoms with E-state index in [1.807, 2.05) is 13.1 Å². The van der Waals surface area contributed by atoms with E-state index >= 15 is 0 Å². The summed E-state index contributed by atoms with van der Waals surface area (Å²) in [6.07, 6.45) is 0.549. The maximum absolute atomic E-state index is 10.8. The Morgan fingerprint density at radius 1 is 1.63 bits per heavy atom. The molecule has 0 aromatic heterocycles. The van der Waals surface area contributed by atoms with Crippen molar-refractivity contribution in [2.24, 2.45) is 0 Å². The van der Waals surface area contributed by atoms with Crippen LogP contribution in [0.4, 0.5) is 5.69 Å². The van der Waals surface area contributed by atoms with Crippen LogP contribution >= 0.6 is 0 Å². The lowest BCUT2D eigenvalue weighted by atomic mass is 10.1. The van der Waals surface area contributed by atoms with Gasteiger partial charge in [-0.1, -0.05) is 12.1 Å². The van der Waals surface area contributed by atoms with E-state index in [2.05, 4.69) is 10.2 Å². The van der Waals surface area contributed by atoms with E-state index in [1.54, 1.807) is 12.1 Å². The maximum Gasteiger partial charge on any atom is 0.269 e. The van der Waals surface area contributed by atoms with Crippen molar-refractivity contribution in [3.8, 4) is 0 Å². The van der Waals surface area contributed by atoms with Gasteiger partial charge in [0.2, 0.25) is 0 Å². The van der Waals surface area contributed by atoms with Crippen LogP contribution in [0.15, 0.2) is 24.3 Å². The summed E-state index contributed by atoms with van der Waals surface area (Å²) in [7, 11) is 1.84. The van der Waals surface area contributed by atoms with E-state index in [0.29, 0.717) is 6.54 Å². The third kappa shape index (κ3) is 3.50. The van der Waals surface area contributed by atoms with Crippen LogP contribution in [0.1, 0.15) is 18.0 Å². The van der Waals surface area contributed by atoms with Gasteiger partial charge in [-0.15, -0.1) is 0 Å². The molecule has 0 bridgehead atoms. The van der Waals surface area contributed by atoms with Gasteiger partial charge in [0, 0.05) is 37.8 Å². The topological polar surface area (TPSA) is 78.6 Å². The minimum atomic E-state index is -0.379. The van der Waals surface area contributed by atoms with Crippen LogP contribution in [0.3, 0.4) is 0 Å². The number of nitrogens with zero attached hydrogens (tertiary/aromatic N) is 2. The number of hydrogen-bond donors (Lipinski definition) is 2. The molecule has 1 aromatic carbocycles. The van der Waals surface area contributed by atoms with Gasteiger partial charge in [-0.05, 0) is 19.0 Å². The van der Waals surface area contributed by atoms with Crippen LogP contribution in [0, 0.1) is 10.1 Å². The summed E-state index contributed by atoms with van der Waals surface area (Å²) in [5, 5.41) is 23.5. The van der Waals surface area contributed by atoms with Crippen LogP contribution in [0.5, 0.6) is 0 Å². The highest BCUT2D eigenvalue weighted by molar-refractivity contribution is 5.36. The van der Waals surface area contributed by atoms with E-state index in [0.717, 1.165) is 25.1 Å². The first-order valence-corrected chi connectivity index (χ1v) is 6.42. The Labute approximate surface area is 112 Å². The predicted octanol–water partition coefficient (Wildman–Crippen LogP) is 0.922. The molecule has 2 N–H and O–H groups in total. The first kappa shape index (κ1) is 13.9. The van der Waals surface area contributed by atoms with Crippen LogP contribution in [-0.2, 0) is 0 Å². The molecule has 0 saturated carbocycles. The van der Waals surface area contributed by atoms with Crippen molar-refractivity contribution in [2.45, 2.75) is 18.6 Å². The Morgan fingerprint density at radius 2 is 2.42 bits per heavy atom. The Hall–Kier alpha value is -1.50. The molecule has 19 heavy (non-hydrogen) atoms. The molecular formula is C13H19N3O3. The molecule has 0 spiro atoms. The smallest absolute Gasteiger partial charge is 0.269 e. The van der Waals surface area contributed by atoms with Gasteiger partial charge in [0.25, 0.3) is 5.69 Å². The highest BCUT2D eigenvalue weighted by Gasteiger charge is 2.23. The standard InChI is InChI=1S/C13H19N3O3/c1-14-13(9-15-6-5-12(17)8-15)10-3-2-4-11(7-10)16(18)19/h2-4,7,12-14,17H,5-6,8-9H2,1H3/t12-,13+/m0/s1. The number of nitro groups is 1. The second kappa shape index (κ2) is 6.10. The second-order valence-corrected chi connectivity index (χ2v) is 4.90. The number of β-amino-alcohol motifs (C(OH)–C–C–N with tert-alkyl or cyclic N) is 1. The number of nitro benzene ring substituents is 1.